The second-order valence-electron chi connectivity index (χ2n) is 5.32. The topological polar surface area (TPSA) is 57.6 Å². The maximum Gasteiger partial charge on any atom is 0.311 e. The van der Waals surface area contributed by atoms with Crippen molar-refractivity contribution >= 4 is 23.5 Å². The average Bonchev–Trinajstić information content (AvgIpc) is 2.41. The summed E-state index contributed by atoms with van der Waals surface area (Å²) < 4.78 is 13.1. The zero-order chi connectivity index (χ0) is 14.9. The third-order valence-electron chi connectivity index (χ3n) is 3.67. The number of rotatable bonds is 2. The largest absolute Gasteiger partial charge is 0.481 e. The first kappa shape index (κ1) is 14.8. The highest BCUT2D eigenvalue weighted by Crippen LogP contribution is 2.30. The fraction of sp³-hybridized carbons (Fsp3) is 0.429. The van der Waals surface area contributed by atoms with Crippen molar-refractivity contribution in [2.75, 3.05) is 13.1 Å². The van der Waals surface area contributed by atoms with Gasteiger partial charge in [0.1, 0.15) is 5.82 Å². The second kappa shape index (κ2) is 5.40. The Hall–Kier alpha value is -1.62. The minimum atomic E-state index is -0.933. The molecule has 1 amide bonds. The Bertz CT molecular complexity index is 563. The molecule has 20 heavy (non-hydrogen) atoms. The van der Waals surface area contributed by atoms with Crippen molar-refractivity contribution in [1.82, 2.24) is 4.90 Å². The van der Waals surface area contributed by atoms with Crippen LogP contribution in [0, 0.1) is 11.2 Å². The Labute approximate surface area is 121 Å². The molecule has 1 aliphatic heterocycles. The van der Waals surface area contributed by atoms with Gasteiger partial charge in [-0.3, -0.25) is 9.59 Å². The van der Waals surface area contributed by atoms with Gasteiger partial charge in [-0.15, -0.1) is 0 Å². The number of benzene rings is 1. The number of nitrogens with zero attached hydrogens (tertiary/aromatic N) is 1. The van der Waals surface area contributed by atoms with Gasteiger partial charge < -0.3 is 10.0 Å². The molecule has 4 nitrogen and oxygen atoms in total. The molecule has 0 radical (unpaired) electrons. The molecule has 2 rings (SSSR count). The maximum absolute atomic E-state index is 13.1. The maximum atomic E-state index is 13.1. The Morgan fingerprint density at radius 2 is 2.15 bits per heavy atom. The summed E-state index contributed by atoms with van der Waals surface area (Å²) >= 11 is 5.66. The van der Waals surface area contributed by atoms with Gasteiger partial charge in [0.15, 0.2) is 0 Å². The predicted octanol–water partition coefficient (Wildman–Crippen LogP) is 2.81. The van der Waals surface area contributed by atoms with E-state index in [-0.39, 0.29) is 23.0 Å². The minimum absolute atomic E-state index is 0.117. The van der Waals surface area contributed by atoms with Crippen LogP contribution in [0.3, 0.4) is 0 Å². The zero-order valence-corrected chi connectivity index (χ0v) is 11.8. The van der Waals surface area contributed by atoms with Crippen LogP contribution in [0.1, 0.15) is 30.1 Å². The van der Waals surface area contributed by atoms with Crippen molar-refractivity contribution in [3.8, 4) is 0 Å². The van der Waals surface area contributed by atoms with Gasteiger partial charge >= 0.3 is 5.97 Å². The summed E-state index contributed by atoms with van der Waals surface area (Å²) in [7, 11) is 0. The van der Waals surface area contributed by atoms with Crippen molar-refractivity contribution in [2.24, 2.45) is 5.41 Å². The first-order valence-electron chi connectivity index (χ1n) is 6.31. The number of halogens is 2. The van der Waals surface area contributed by atoms with E-state index >= 15 is 0 Å². The van der Waals surface area contributed by atoms with Crippen molar-refractivity contribution in [1.29, 1.82) is 0 Å². The lowest BCUT2D eigenvalue weighted by molar-refractivity contribution is -0.150. The molecule has 1 heterocycles. The summed E-state index contributed by atoms with van der Waals surface area (Å²) in [4.78, 5) is 25.1. The van der Waals surface area contributed by atoms with Gasteiger partial charge in [0.2, 0.25) is 0 Å². The lowest BCUT2D eigenvalue weighted by Crippen LogP contribution is -2.48. The van der Waals surface area contributed by atoms with Crippen LogP contribution in [0.5, 0.6) is 0 Å². The standard InChI is InChI=1S/C14H15ClFNO3/c1-14(13(19)20)5-2-6-17(8-14)12(18)9-3-4-11(16)10(15)7-9/h3-4,7H,2,5-6,8H2,1H3,(H,19,20). The molecule has 0 aromatic heterocycles. The normalized spacial score (nSPS) is 22.6. The summed E-state index contributed by atoms with van der Waals surface area (Å²) in [6, 6.07) is 3.76. The molecule has 1 aliphatic rings. The summed E-state index contributed by atoms with van der Waals surface area (Å²) in [5, 5.41) is 9.12. The number of likely N-dealkylation sites (tertiary alicyclic amines) is 1. The van der Waals surface area contributed by atoms with E-state index in [1.165, 1.54) is 17.0 Å². The number of hydrogen-bond acceptors (Lipinski definition) is 2. The van der Waals surface area contributed by atoms with E-state index in [1.54, 1.807) is 6.92 Å². The Kier molecular flexibility index (Phi) is 3.99. The van der Waals surface area contributed by atoms with Crippen molar-refractivity contribution in [3.63, 3.8) is 0 Å². The third kappa shape index (κ3) is 2.77. The van der Waals surface area contributed by atoms with Crippen LogP contribution in [0.15, 0.2) is 18.2 Å². The second-order valence-corrected chi connectivity index (χ2v) is 5.73. The third-order valence-corrected chi connectivity index (χ3v) is 3.96. The molecule has 1 N–H and O–H groups in total. The molecule has 0 spiro atoms. The van der Waals surface area contributed by atoms with Crippen molar-refractivity contribution < 1.29 is 19.1 Å². The average molecular weight is 300 g/mol. The lowest BCUT2D eigenvalue weighted by Gasteiger charge is -2.37. The van der Waals surface area contributed by atoms with Crippen molar-refractivity contribution in [3.05, 3.63) is 34.6 Å². The number of hydrogen-bond donors (Lipinski definition) is 1. The molecule has 1 aromatic rings. The predicted molar refractivity (Wildman–Crippen MR) is 72.3 cm³/mol. The van der Waals surface area contributed by atoms with Gasteiger partial charge in [-0.05, 0) is 38.0 Å². The monoisotopic (exact) mass is 299 g/mol. The van der Waals surface area contributed by atoms with E-state index in [2.05, 4.69) is 0 Å². The molecule has 108 valence electrons. The fourth-order valence-corrected chi connectivity index (χ4v) is 2.58. The van der Waals surface area contributed by atoms with Gasteiger partial charge in [0, 0.05) is 18.7 Å². The van der Waals surface area contributed by atoms with Crippen LogP contribution in [0.25, 0.3) is 0 Å². The van der Waals surface area contributed by atoms with E-state index in [4.69, 9.17) is 11.6 Å². The minimum Gasteiger partial charge on any atom is -0.481 e. The molecule has 6 heteroatoms. The zero-order valence-electron chi connectivity index (χ0n) is 11.0. The Morgan fingerprint density at radius 3 is 2.75 bits per heavy atom. The highest BCUT2D eigenvalue weighted by atomic mass is 35.5. The van der Waals surface area contributed by atoms with Crippen LogP contribution in [-0.4, -0.2) is 35.0 Å². The number of carboxylic acid groups (broad SMARTS) is 1. The van der Waals surface area contributed by atoms with Crippen LogP contribution < -0.4 is 0 Å². The smallest absolute Gasteiger partial charge is 0.311 e. The molecule has 1 saturated heterocycles. The number of carbonyl (C=O) groups excluding carboxylic acids is 1. The summed E-state index contributed by atoms with van der Waals surface area (Å²) in [6.07, 6.45) is 1.17. The fourth-order valence-electron chi connectivity index (χ4n) is 2.40. The highest BCUT2D eigenvalue weighted by molar-refractivity contribution is 6.31. The lowest BCUT2D eigenvalue weighted by atomic mass is 9.82. The SMILES string of the molecule is CC1(C(=O)O)CCCN(C(=O)c2ccc(F)c(Cl)c2)C1. The van der Waals surface area contributed by atoms with Gasteiger partial charge in [-0.2, -0.15) is 0 Å². The molecular weight excluding hydrogens is 285 g/mol. The van der Waals surface area contributed by atoms with Gasteiger partial charge in [0.25, 0.3) is 5.91 Å². The molecule has 1 aromatic carbocycles. The van der Waals surface area contributed by atoms with Crippen LogP contribution in [0.2, 0.25) is 5.02 Å². The van der Waals surface area contributed by atoms with Crippen molar-refractivity contribution in [2.45, 2.75) is 19.8 Å². The van der Waals surface area contributed by atoms with Crippen LogP contribution >= 0.6 is 11.6 Å². The van der Waals surface area contributed by atoms with E-state index in [1.807, 2.05) is 0 Å². The molecular formula is C14H15ClFNO3. The van der Waals surface area contributed by atoms with E-state index in [0.717, 1.165) is 6.07 Å². The van der Waals surface area contributed by atoms with Crippen LogP contribution in [0.4, 0.5) is 4.39 Å². The van der Waals surface area contributed by atoms with E-state index in [9.17, 15) is 19.1 Å². The number of carbonyl (C=O) groups is 2. The highest BCUT2D eigenvalue weighted by Gasteiger charge is 2.39. The number of carboxylic acids is 1. The van der Waals surface area contributed by atoms with Gasteiger partial charge in [0.05, 0.1) is 10.4 Å². The molecule has 1 fully saturated rings. The summed E-state index contributed by atoms with van der Waals surface area (Å²) in [5.41, 5.74) is -0.663. The van der Waals surface area contributed by atoms with E-state index < -0.39 is 17.2 Å². The van der Waals surface area contributed by atoms with Crippen LogP contribution in [-0.2, 0) is 4.79 Å². The molecule has 1 atom stereocenters. The first-order valence-corrected chi connectivity index (χ1v) is 6.69. The number of piperidine rings is 1. The first-order chi connectivity index (χ1) is 9.33. The van der Waals surface area contributed by atoms with Gasteiger partial charge in [-0.1, -0.05) is 11.6 Å². The van der Waals surface area contributed by atoms with E-state index in [0.29, 0.717) is 19.4 Å². The molecule has 1 unspecified atom stereocenters. The Balaban J connectivity index is 2.20. The quantitative estimate of drug-likeness (QED) is 0.913. The molecule has 0 saturated carbocycles. The van der Waals surface area contributed by atoms with Gasteiger partial charge in [-0.25, -0.2) is 4.39 Å². The molecule has 0 bridgehead atoms. The Morgan fingerprint density at radius 1 is 1.45 bits per heavy atom. The summed E-state index contributed by atoms with van der Waals surface area (Å²) in [6.45, 7) is 2.28. The molecule has 0 aliphatic carbocycles. The summed E-state index contributed by atoms with van der Waals surface area (Å²) in [5.74, 6) is -1.82. The number of amides is 1. The number of aliphatic carboxylic acids is 1.